The lowest BCUT2D eigenvalue weighted by Crippen LogP contribution is -2.27. The Hall–Kier alpha value is -1.90. The molecule has 0 saturated carbocycles. The van der Waals surface area contributed by atoms with Gasteiger partial charge in [-0.1, -0.05) is 12.1 Å². The maximum Gasteiger partial charge on any atom is 0.225 e. The SMILES string of the molecule is COC1CCN(CCC(=O)Nc2ccccc2C#N)C1. The molecule has 1 aromatic carbocycles. The highest BCUT2D eigenvalue weighted by atomic mass is 16.5. The molecule has 1 aromatic rings. The summed E-state index contributed by atoms with van der Waals surface area (Å²) >= 11 is 0. The summed E-state index contributed by atoms with van der Waals surface area (Å²) in [5, 5.41) is 11.8. The average Bonchev–Trinajstić information content (AvgIpc) is 2.94. The van der Waals surface area contributed by atoms with E-state index >= 15 is 0 Å². The van der Waals surface area contributed by atoms with Gasteiger partial charge in [0.25, 0.3) is 0 Å². The zero-order valence-corrected chi connectivity index (χ0v) is 11.6. The van der Waals surface area contributed by atoms with Gasteiger partial charge in [0.15, 0.2) is 0 Å². The Balaban J connectivity index is 1.80. The van der Waals surface area contributed by atoms with Gasteiger partial charge in [-0.25, -0.2) is 0 Å². The van der Waals surface area contributed by atoms with Crippen molar-refractivity contribution in [2.24, 2.45) is 0 Å². The van der Waals surface area contributed by atoms with Gasteiger partial charge in [-0.05, 0) is 18.6 Å². The van der Waals surface area contributed by atoms with E-state index in [1.165, 1.54) is 0 Å². The Kier molecular flexibility index (Phi) is 5.10. The Morgan fingerprint density at radius 2 is 2.35 bits per heavy atom. The molecule has 1 heterocycles. The fourth-order valence-corrected chi connectivity index (χ4v) is 2.35. The first-order valence-electron chi connectivity index (χ1n) is 6.77. The average molecular weight is 273 g/mol. The van der Waals surface area contributed by atoms with Gasteiger partial charge in [0.2, 0.25) is 5.91 Å². The smallest absolute Gasteiger partial charge is 0.225 e. The summed E-state index contributed by atoms with van der Waals surface area (Å²) < 4.78 is 5.30. The minimum atomic E-state index is -0.0615. The van der Waals surface area contributed by atoms with Gasteiger partial charge in [0, 0.05) is 33.2 Å². The first kappa shape index (κ1) is 14.5. The second kappa shape index (κ2) is 7.04. The van der Waals surface area contributed by atoms with Crippen LogP contribution in [0.15, 0.2) is 24.3 Å². The van der Waals surface area contributed by atoms with E-state index in [-0.39, 0.29) is 12.0 Å². The molecule has 0 bridgehead atoms. The van der Waals surface area contributed by atoms with Crippen molar-refractivity contribution in [1.82, 2.24) is 4.90 Å². The van der Waals surface area contributed by atoms with Crippen LogP contribution >= 0.6 is 0 Å². The number of benzene rings is 1. The predicted octanol–water partition coefficient (Wildman–Crippen LogP) is 1.61. The molecule has 106 valence electrons. The molecule has 1 aliphatic rings. The quantitative estimate of drug-likeness (QED) is 0.885. The molecule has 5 heteroatoms. The lowest BCUT2D eigenvalue weighted by molar-refractivity contribution is -0.116. The zero-order chi connectivity index (χ0) is 14.4. The fourth-order valence-electron chi connectivity index (χ4n) is 2.35. The van der Waals surface area contributed by atoms with Crippen molar-refractivity contribution >= 4 is 11.6 Å². The lowest BCUT2D eigenvalue weighted by Gasteiger charge is -2.15. The van der Waals surface area contributed by atoms with E-state index in [4.69, 9.17) is 10.00 Å². The number of methoxy groups -OCH3 is 1. The molecule has 1 N–H and O–H groups in total. The second-order valence-corrected chi connectivity index (χ2v) is 4.90. The fraction of sp³-hybridized carbons (Fsp3) is 0.467. The van der Waals surface area contributed by atoms with E-state index in [1.54, 1.807) is 31.4 Å². The van der Waals surface area contributed by atoms with Crippen molar-refractivity contribution in [2.45, 2.75) is 18.9 Å². The van der Waals surface area contributed by atoms with Crippen molar-refractivity contribution < 1.29 is 9.53 Å². The summed E-state index contributed by atoms with van der Waals surface area (Å²) in [7, 11) is 1.72. The molecule has 0 aromatic heterocycles. The van der Waals surface area contributed by atoms with E-state index in [9.17, 15) is 4.79 Å². The number of para-hydroxylation sites is 1. The highest BCUT2D eigenvalue weighted by molar-refractivity contribution is 5.92. The van der Waals surface area contributed by atoms with Crippen LogP contribution in [0.5, 0.6) is 0 Å². The topological polar surface area (TPSA) is 65.4 Å². The molecule has 1 saturated heterocycles. The van der Waals surface area contributed by atoms with Gasteiger partial charge >= 0.3 is 0 Å². The monoisotopic (exact) mass is 273 g/mol. The summed E-state index contributed by atoms with van der Waals surface area (Å²) in [5.41, 5.74) is 1.07. The Morgan fingerprint density at radius 1 is 1.55 bits per heavy atom. The van der Waals surface area contributed by atoms with Crippen LogP contribution in [0, 0.1) is 11.3 Å². The molecule has 2 rings (SSSR count). The molecular weight excluding hydrogens is 254 g/mol. The van der Waals surface area contributed by atoms with Crippen LogP contribution < -0.4 is 5.32 Å². The molecule has 20 heavy (non-hydrogen) atoms. The maximum absolute atomic E-state index is 11.9. The number of ether oxygens (including phenoxy) is 1. The van der Waals surface area contributed by atoms with E-state index in [0.717, 1.165) is 26.1 Å². The van der Waals surface area contributed by atoms with Gasteiger partial charge in [-0.3, -0.25) is 4.79 Å². The number of nitrogens with zero attached hydrogens (tertiary/aromatic N) is 2. The molecule has 1 aliphatic heterocycles. The van der Waals surface area contributed by atoms with E-state index in [0.29, 0.717) is 17.7 Å². The van der Waals surface area contributed by atoms with Gasteiger partial charge in [-0.2, -0.15) is 5.26 Å². The largest absolute Gasteiger partial charge is 0.380 e. The maximum atomic E-state index is 11.9. The Labute approximate surface area is 119 Å². The number of hydrogen-bond acceptors (Lipinski definition) is 4. The van der Waals surface area contributed by atoms with Crippen molar-refractivity contribution in [1.29, 1.82) is 5.26 Å². The standard InChI is InChI=1S/C15H19N3O2/c1-20-13-6-8-18(11-13)9-7-15(19)17-14-5-3-2-4-12(14)10-16/h2-5,13H,6-9,11H2,1H3,(H,17,19). The van der Waals surface area contributed by atoms with Crippen molar-refractivity contribution in [3.05, 3.63) is 29.8 Å². The summed E-state index contributed by atoms with van der Waals surface area (Å²) in [6, 6.07) is 9.09. The first-order valence-corrected chi connectivity index (χ1v) is 6.77. The molecule has 1 unspecified atom stereocenters. The number of nitriles is 1. The zero-order valence-electron chi connectivity index (χ0n) is 11.6. The highest BCUT2D eigenvalue weighted by Crippen LogP contribution is 2.15. The highest BCUT2D eigenvalue weighted by Gasteiger charge is 2.22. The Bertz CT molecular complexity index is 510. The predicted molar refractivity (Wildman–Crippen MR) is 76.3 cm³/mol. The van der Waals surface area contributed by atoms with Crippen LogP contribution in [0.3, 0.4) is 0 Å². The van der Waals surface area contributed by atoms with Crippen LogP contribution in [0.25, 0.3) is 0 Å². The first-order chi connectivity index (χ1) is 9.72. The van der Waals surface area contributed by atoms with Crippen LogP contribution in [-0.4, -0.2) is 43.7 Å². The molecule has 0 aliphatic carbocycles. The summed E-state index contributed by atoms with van der Waals surface area (Å²) in [4.78, 5) is 14.1. The number of likely N-dealkylation sites (tertiary alicyclic amines) is 1. The number of rotatable bonds is 5. The normalized spacial score (nSPS) is 18.7. The Morgan fingerprint density at radius 3 is 3.05 bits per heavy atom. The van der Waals surface area contributed by atoms with Gasteiger partial charge in [0.1, 0.15) is 6.07 Å². The molecular formula is C15H19N3O2. The summed E-state index contributed by atoms with van der Waals surface area (Å²) in [6.07, 6.45) is 1.74. The minimum Gasteiger partial charge on any atom is -0.380 e. The van der Waals surface area contributed by atoms with Crippen LogP contribution in [-0.2, 0) is 9.53 Å². The number of carbonyl (C=O) groups is 1. The number of amides is 1. The molecule has 0 spiro atoms. The van der Waals surface area contributed by atoms with Gasteiger partial charge in [-0.15, -0.1) is 0 Å². The molecule has 0 radical (unpaired) electrons. The number of anilines is 1. The van der Waals surface area contributed by atoms with E-state index in [1.807, 2.05) is 0 Å². The molecule has 1 amide bonds. The third kappa shape index (κ3) is 3.80. The number of nitrogens with one attached hydrogen (secondary N) is 1. The van der Waals surface area contributed by atoms with Crippen LogP contribution in [0.4, 0.5) is 5.69 Å². The van der Waals surface area contributed by atoms with Crippen molar-refractivity contribution in [3.63, 3.8) is 0 Å². The van der Waals surface area contributed by atoms with Crippen LogP contribution in [0.1, 0.15) is 18.4 Å². The van der Waals surface area contributed by atoms with Gasteiger partial charge in [0.05, 0.1) is 17.4 Å². The number of hydrogen-bond donors (Lipinski definition) is 1. The number of carbonyl (C=O) groups excluding carboxylic acids is 1. The van der Waals surface area contributed by atoms with E-state index < -0.39 is 0 Å². The minimum absolute atomic E-state index is 0.0615. The summed E-state index contributed by atoms with van der Waals surface area (Å²) in [6.45, 7) is 2.58. The van der Waals surface area contributed by atoms with Gasteiger partial charge < -0.3 is 15.0 Å². The summed E-state index contributed by atoms with van der Waals surface area (Å²) in [5.74, 6) is -0.0615. The molecule has 1 fully saturated rings. The van der Waals surface area contributed by atoms with Crippen molar-refractivity contribution in [2.75, 3.05) is 32.1 Å². The molecule has 5 nitrogen and oxygen atoms in total. The lowest BCUT2D eigenvalue weighted by atomic mass is 10.2. The second-order valence-electron chi connectivity index (χ2n) is 4.90. The van der Waals surface area contributed by atoms with Crippen LogP contribution in [0.2, 0.25) is 0 Å². The molecule has 1 atom stereocenters. The third-order valence-electron chi connectivity index (χ3n) is 3.54. The van der Waals surface area contributed by atoms with Crippen molar-refractivity contribution in [3.8, 4) is 6.07 Å². The van der Waals surface area contributed by atoms with E-state index in [2.05, 4.69) is 16.3 Å². The third-order valence-corrected chi connectivity index (χ3v) is 3.54.